The van der Waals surface area contributed by atoms with Gasteiger partial charge in [-0.3, -0.25) is 14.5 Å². The van der Waals surface area contributed by atoms with E-state index in [1.165, 1.54) is 23.2 Å². The van der Waals surface area contributed by atoms with E-state index in [4.69, 9.17) is 0 Å². The standard InChI is InChI=1S/C21H25FN6O2S/c1-26(2)14-19(29)28(13-16-4-6-17(22)7-5-16)21-25-12-18(31-21)20(30)24-8-3-10-27-11-9-23-15-27/h4-7,9,11-12,15H,3,8,10,13-14H2,1-2H3,(H,24,30). The Balaban J connectivity index is 1.64. The summed E-state index contributed by atoms with van der Waals surface area (Å²) >= 11 is 1.16. The van der Waals surface area contributed by atoms with Gasteiger partial charge in [-0.2, -0.15) is 0 Å². The largest absolute Gasteiger partial charge is 0.351 e. The van der Waals surface area contributed by atoms with Crippen LogP contribution in [0.4, 0.5) is 9.52 Å². The van der Waals surface area contributed by atoms with E-state index >= 15 is 0 Å². The monoisotopic (exact) mass is 444 g/mol. The number of thiazole rings is 1. The number of imidazole rings is 1. The third kappa shape index (κ3) is 6.69. The maximum atomic E-state index is 13.2. The van der Waals surface area contributed by atoms with Crippen molar-refractivity contribution in [3.63, 3.8) is 0 Å². The molecule has 2 amide bonds. The highest BCUT2D eigenvalue weighted by molar-refractivity contribution is 7.17. The van der Waals surface area contributed by atoms with Crippen molar-refractivity contribution in [3.8, 4) is 0 Å². The van der Waals surface area contributed by atoms with Gasteiger partial charge in [0, 0.05) is 25.5 Å². The van der Waals surface area contributed by atoms with Gasteiger partial charge in [-0.1, -0.05) is 23.5 Å². The Bertz CT molecular complexity index is 988. The molecular formula is C21H25FN6O2S. The third-order valence-electron chi connectivity index (χ3n) is 4.39. The average molecular weight is 445 g/mol. The zero-order chi connectivity index (χ0) is 22.2. The van der Waals surface area contributed by atoms with Crippen molar-refractivity contribution in [2.24, 2.45) is 0 Å². The van der Waals surface area contributed by atoms with Crippen LogP contribution < -0.4 is 10.2 Å². The van der Waals surface area contributed by atoms with Crippen molar-refractivity contribution < 1.29 is 14.0 Å². The molecule has 1 aromatic carbocycles. The van der Waals surface area contributed by atoms with Crippen LogP contribution in [-0.2, 0) is 17.9 Å². The van der Waals surface area contributed by atoms with Crippen LogP contribution in [0, 0.1) is 5.82 Å². The minimum atomic E-state index is -0.337. The fourth-order valence-corrected chi connectivity index (χ4v) is 3.70. The third-order valence-corrected chi connectivity index (χ3v) is 5.41. The van der Waals surface area contributed by atoms with Crippen LogP contribution in [-0.4, -0.2) is 58.4 Å². The summed E-state index contributed by atoms with van der Waals surface area (Å²) in [5.41, 5.74) is 0.772. The van der Waals surface area contributed by atoms with Gasteiger partial charge in [0.15, 0.2) is 5.13 Å². The average Bonchev–Trinajstić information content (AvgIpc) is 3.42. The number of rotatable bonds is 10. The van der Waals surface area contributed by atoms with Gasteiger partial charge in [-0.05, 0) is 38.2 Å². The topological polar surface area (TPSA) is 83.4 Å². The molecule has 0 radical (unpaired) electrons. The molecule has 8 nitrogen and oxygen atoms in total. The number of hydrogen-bond donors (Lipinski definition) is 1. The minimum absolute atomic E-state index is 0.157. The second kappa shape index (κ2) is 10.8. The summed E-state index contributed by atoms with van der Waals surface area (Å²) in [5.74, 6) is -0.719. The molecule has 0 saturated heterocycles. The number of likely N-dealkylation sites (N-methyl/N-ethyl adjacent to an activating group) is 1. The lowest BCUT2D eigenvalue weighted by Gasteiger charge is -2.22. The molecule has 3 aromatic rings. The van der Waals surface area contributed by atoms with Crippen molar-refractivity contribution in [2.75, 3.05) is 32.1 Å². The number of carbonyl (C=O) groups is 2. The van der Waals surface area contributed by atoms with Gasteiger partial charge in [0.05, 0.1) is 25.6 Å². The second-order valence-corrected chi connectivity index (χ2v) is 8.27. The Labute approximate surface area is 184 Å². The lowest BCUT2D eigenvalue weighted by molar-refractivity contribution is -0.119. The molecule has 0 unspecified atom stereocenters. The van der Waals surface area contributed by atoms with Crippen LogP contribution in [0.2, 0.25) is 0 Å². The molecule has 0 aliphatic carbocycles. The molecule has 3 rings (SSSR count). The molecule has 31 heavy (non-hydrogen) atoms. The molecular weight excluding hydrogens is 419 g/mol. The molecule has 1 N–H and O–H groups in total. The van der Waals surface area contributed by atoms with Crippen molar-refractivity contribution in [1.82, 2.24) is 24.8 Å². The quantitative estimate of drug-likeness (QED) is 0.486. The molecule has 0 fully saturated rings. The summed E-state index contributed by atoms with van der Waals surface area (Å²) in [4.78, 5) is 37.3. The van der Waals surface area contributed by atoms with Crippen LogP contribution in [0.3, 0.4) is 0 Å². The number of aryl methyl sites for hydroxylation is 1. The van der Waals surface area contributed by atoms with E-state index in [1.54, 1.807) is 43.7 Å². The maximum absolute atomic E-state index is 13.2. The Hall–Kier alpha value is -3.11. The van der Waals surface area contributed by atoms with E-state index < -0.39 is 0 Å². The predicted molar refractivity (Wildman–Crippen MR) is 117 cm³/mol. The van der Waals surface area contributed by atoms with Gasteiger partial charge in [0.2, 0.25) is 5.91 Å². The molecule has 0 aliphatic heterocycles. The summed E-state index contributed by atoms with van der Waals surface area (Å²) in [6.07, 6.45) is 7.57. The van der Waals surface area contributed by atoms with E-state index in [1.807, 2.05) is 10.8 Å². The van der Waals surface area contributed by atoms with E-state index in [9.17, 15) is 14.0 Å². The molecule has 0 spiro atoms. The predicted octanol–water partition coefficient (Wildman–Crippen LogP) is 2.39. The van der Waals surface area contributed by atoms with Crippen molar-refractivity contribution in [1.29, 1.82) is 0 Å². The first-order valence-electron chi connectivity index (χ1n) is 9.81. The van der Waals surface area contributed by atoms with E-state index in [0.29, 0.717) is 16.6 Å². The molecule has 164 valence electrons. The van der Waals surface area contributed by atoms with Gasteiger partial charge < -0.3 is 14.8 Å². The molecule has 0 bridgehead atoms. The number of nitrogens with zero attached hydrogens (tertiary/aromatic N) is 5. The Morgan fingerprint density at radius 2 is 2.00 bits per heavy atom. The van der Waals surface area contributed by atoms with E-state index in [2.05, 4.69) is 15.3 Å². The SMILES string of the molecule is CN(C)CC(=O)N(Cc1ccc(F)cc1)c1ncc(C(=O)NCCCn2ccnc2)s1. The first-order chi connectivity index (χ1) is 14.9. The minimum Gasteiger partial charge on any atom is -0.351 e. The highest BCUT2D eigenvalue weighted by Crippen LogP contribution is 2.25. The van der Waals surface area contributed by atoms with E-state index in [-0.39, 0.29) is 30.7 Å². The molecule has 2 heterocycles. The van der Waals surface area contributed by atoms with Gasteiger partial charge in [0.25, 0.3) is 5.91 Å². The zero-order valence-electron chi connectivity index (χ0n) is 17.5. The number of benzene rings is 1. The van der Waals surface area contributed by atoms with E-state index in [0.717, 1.165) is 29.9 Å². The van der Waals surface area contributed by atoms with Gasteiger partial charge in [-0.25, -0.2) is 14.4 Å². The lowest BCUT2D eigenvalue weighted by Crippen LogP contribution is -2.37. The summed E-state index contributed by atoms with van der Waals surface area (Å²) in [7, 11) is 3.61. The Kier molecular flexibility index (Phi) is 7.85. The molecule has 0 atom stereocenters. The second-order valence-electron chi connectivity index (χ2n) is 7.26. The van der Waals surface area contributed by atoms with Crippen LogP contribution in [0.15, 0.2) is 49.2 Å². The van der Waals surface area contributed by atoms with Gasteiger partial charge in [0.1, 0.15) is 10.7 Å². The first-order valence-corrected chi connectivity index (χ1v) is 10.6. The highest BCUT2D eigenvalue weighted by Gasteiger charge is 2.22. The van der Waals surface area contributed by atoms with Crippen LogP contribution in [0.1, 0.15) is 21.7 Å². The lowest BCUT2D eigenvalue weighted by atomic mass is 10.2. The van der Waals surface area contributed by atoms with Crippen LogP contribution in [0.5, 0.6) is 0 Å². The maximum Gasteiger partial charge on any atom is 0.263 e. The molecule has 2 aromatic heterocycles. The highest BCUT2D eigenvalue weighted by atomic mass is 32.1. The number of nitrogens with one attached hydrogen (secondary N) is 1. The molecule has 0 aliphatic rings. The first kappa shape index (κ1) is 22.6. The molecule has 0 saturated carbocycles. The normalized spacial score (nSPS) is 11.0. The summed E-state index contributed by atoms with van der Waals surface area (Å²) < 4.78 is 15.2. The summed E-state index contributed by atoms with van der Waals surface area (Å²) in [5, 5.41) is 3.31. The Morgan fingerprint density at radius 3 is 2.68 bits per heavy atom. The summed E-state index contributed by atoms with van der Waals surface area (Å²) in [6.45, 7) is 1.71. The number of carbonyl (C=O) groups excluding carboxylic acids is 2. The number of hydrogen-bond acceptors (Lipinski definition) is 6. The van der Waals surface area contributed by atoms with Crippen LogP contribution >= 0.6 is 11.3 Å². The van der Waals surface area contributed by atoms with Crippen molar-refractivity contribution in [2.45, 2.75) is 19.5 Å². The smallest absolute Gasteiger partial charge is 0.263 e. The Morgan fingerprint density at radius 1 is 1.23 bits per heavy atom. The molecule has 10 heteroatoms. The van der Waals surface area contributed by atoms with Gasteiger partial charge in [-0.15, -0.1) is 0 Å². The summed E-state index contributed by atoms with van der Waals surface area (Å²) in [6, 6.07) is 5.97. The van der Waals surface area contributed by atoms with Gasteiger partial charge >= 0.3 is 0 Å². The number of aromatic nitrogens is 3. The number of amides is 2. The number of halogens is 1. The van der Waals surface area contributed by atoms with Crippen molar-refractivity contribution >= 4 is 28.3 Å². The number of anilines is 1. The van der Waals surface area contributed by atoms with Crippen LogP contribution in [0.25, 0.3) is 0 Å². The zero-order valence-corrected chi connectivity index (χ0v) is 18.3. The van der Waals surface area contributed by atoms with Crippen molar-refractivity contribution in [3.05, 3.63) is 65.4 Å². The fourth-order valence-electron chi connectivity index (χ4n) is 2.86. The fraction of sp³-hybridized carbons (Fsp3) is 0.333.